The molecule has 1 atom stereocenters. The van der Waals surface area contributed by atoms with Gasteiger partial charge in [-0.25, -0.2) is 0 Å². The number of likely N-dealkylation sites (tertiary alicyclic amines) is 1. The molecule has 0 aliphatic carbocycles. The third-order valence-corrected chi connectivity index (χ3v) is 6.20. The summed E-state index contributed by atoms with van der Waals surface area (Å²) >= 11 is 13.0. The van der Waals surface area contributed by atoms with Gasteiger partial charge in [0.2, 0.25) is 0 Å². The summed E-state index contributed by atoms with van der Waals surface area (Å²) in [6.07, 6.45) is 7.99. The fraction of sp³-hybridized carbons (Fsp3) is 0.684. The molecule has 0 spiro atoms. The van der Waals surface area contributed by atoms with Crippen molar-refractivity contribution >= 4 is 28.4 Å². The Morgan fingerprint density at radius 2 is 2.07 bits per heavy atom. The van der Waals surface area contributed by atoms with Crippen LogP contribution in [0.25, 0.3) is 0 Å². The predicted octanol–water partition coefficient (Wildman–Crippen LogP) is 2.77. The summed E-state index contributed by atoms with van der Waals surface area (Å²) in [6, 6.07) is 1.90. The van der Waals surface area contributed by atoms with Crippen LogP contribution in [0.3, 0.4) is 0 Å². The van der Waals surface area contributed by atoms with Gasteiger partial charge in [-0.1, -0.05) is 34.8 Å². The summed E-state index contributed by atoms with van der Waals surface area (Å²) in [4.78, 5) is 11.8. The van der Waals surface area contributed by atoms with Crippen molar-refractivity contribution in [2.45, 2.75) is 43.6 Å². The average Bonchev–Trinajstić information content (AvgIpc) is 2.69. The molecular weight excluding hydrogens is 387 g/mol. The van der Waals surface area contributed by atoms with Gasteiger partial charge in [0.05, 0.1) is 10.4 Å². The highest BCUT2D eigenvalue weighted by atomic mass is 35.5. The molecule has 2 aliphatic heterocycles. The van der Waals surface area contributed by atoms with Gasteiger partial charge in [-0.15, -0.1) is 0 Å². The zero-order chi connectivity index (χ0) is 19.1. The second kappa shape index (κ2) is 10.0. The number of aliphatic hydroxyl groups is 1. The number of hydrogen-bond acceptors (Lipinski definition) is 6. The van der Waals surface area contributed by atoms with Gasteiger partial charge in [0, 0.05) is 18.9 Å². The van der Waals surface area contributed by atoms with Crippen molar-refractivity contribution < 1.29 is 9.94 Å². The molecule has 0 bridgehead atoms. The minimum absolute atomic E-state index is 0.130. The van der Waals surface area contributed by atoms with Gasteiger partial charge in [0.25, 0.3) is 0 Å². The minimum Gasteiger partial charge on any atom is -0.392 e. The van der Waals surface area contributed by atoms with Crippen LogP contribution in [-0.4, -0.2) is 65.6 Å². The maximum atomic E-state index is 10.2. The molecule has 0 aromatic carbocycles. The van der Waals surface area contributed by atoms with Crippen molar-refractivity contribution in [2.75, 3.05) is 39.3 Å². The molecule has 2 saturated heterocycles. The standard InChI is InChI=1S/C19H28Cl2N4O2/c20-17-12-23-7-4-16(17)19(5-8-22-9-6-19)18(21)24-27-14-15(26)13-25-10-2-1-3-11-25/h4,7,12,15,22,26H,1-3,5-6,8-11,13-14H2/b24-18-. The fourth-order valence-electron chi connectivity index (χ4n) is 3.96. The Kier molecular flexibility index (Phi) is 7.73. The number of halogens is 2. The summed E-state index contributed by atoms with van der Waals surface area (Å²) in [5, 5.41) is 18.7. The molecule has 8 heteroatoms. The van der Waals surface area contributed by atoms with Gasteiger partial charge in [-0.3, -0.25) is 4.98 Å². The molecule has 1 unspecified atom stereocenters. The van der Waals surface area contributed by atoms with E-state index in [2.05, 4.69) is 20.4 Å². The molecule has 150 valence electrons. The minimum atomic E-state index is -0.579. The number of oxime groups is 1. The summed E-state index contributed by atoms with van der Waals surface area (Å²) in [5.41, 5.74) is 0.442. The van der Waals surface area contributed by atoms with Crippen LogP contribution in [0.2, 0.25) is 5.02 Å². The number of rotatable bonds is 7. The van der Waals surface area contributed by atoms with Crippen molar-refractivity contribution in [2.24, 2.45) is 5.16 Å². The van der Waals surface area contributed by atoms with Crippen molar-refractivity contribution in [3.05, 3.63) is 29.0 Å². The van der Waals surface area contributed by atoms with Crippen LogP contribution in [-0.2, 0) is 10.3 Å². The first-order chi connectivity index (χ1) is 13.1. The highest BCUT2D eigenvalue weighted by Crippen LogP contribution is 2.39. The summed E-state index contributed by atoms with van der Waals surface area (Å²) in [6.45, 7) is 4.46. The normalized spacial score (nSPS) is 22.4. The van der Waals surface area contributed by atoms with Crippen LogP contribution >= 0.6 is 23.2 Å². The lowest BCUT2D eigenvalue weighted by atomic mass is 9.74. The van der Waals surface area contributed by atoms with Crippen molar-refractivity contribution in [3.8, 4) is 0 Å². The SMILES string of the molecule is OC(CO/N=C(\Cl)C1(c2ccncc2Cl)CCNCC1)CN1CCCCC1. The van der Waals surface area contributed by atoms with Gasteiger partial charge >= 0.3 is 0 Å². The Bertz CT molecular complexity index is 632. The monoisotopic (exact) mass is 414 g/mol. The molecule has 2 N–H and O–H groups in total. The van der Waals surface area contributed by atoms with Gasteiger partial charge in [0.15, 0.2) is 5.17 Å². The van der Waals surface area contributed by atoms with Crippen molar-refractivity contribution in [3.63, 3.8) is 0 Å². The molecule has 0 amide bonds. The van der Waals surface area contributed by atoms with Crippen LogP contribution in [0, 0.1) is 0 Å². The zero-order valence-electron chi connectivity index (χ0n) is 15.5. The first-order valence-electron chi connectivity index (χ1n) is 9.69. The van der Waals surface area contributed by atoms with E-state index < -0.39 is 11.5 Å². The lowest BCUT2D eigenvalue weighted by Crippen LogP contribution is -2.44. The molecule has 0 saturated carbocycles. The van der Waals surface area contributed by atoms with Crippen LogP contribution in [0.4, 0.5) is 0 Å². The van der Waals surface area contributed by atoms with E-state index in [-0.39, 0.29) is 6.61 Å². The summed E-state index contributed by atoms with van der Waals surface area (Å²) in [7, 11) is 0. The number of nitrogens with one attached hydrogen (secondary N) is 1. The maximum absolute atomic E-state index is 10.2. The number of nitrogens with zero attached hydrogens (tertiary/aromatic N) is 3. The van der Waals surface area contributed by atoms with Crippen molar-refractivity contribution in [1.29, 1.82) is 0 Å². The average molecular weight is 415 g/mol. The van der Waals surface area contributed by atoms with E-state index in [0.29, 0.717) is 16.7 Å². The molecule has 27 heavy (non-hydrogen) atoms. The third-order valence-electron chi connectivity index (χ3n) is 5.47. The van der Waals surface area contributed by atoms with Gasteiger partial charge < -0.3 is 20.2 Å². The third kappa shape index (κ3) is 5.33. The quantitative estimate of drug-likeness (QED) is 0.530. The Morgan fingerprint density at radius 3 is 2.78 bits per heavy atom. The topological polar surface area (TPSA) is 70.0 Å². The van der Waals surface area contributed by atoms with E-state index in [4.69, 9.17) is 28.0 Å². The molecule has 1 aromatic heterocycles. The van der Waals surface area contributed by atoms with E-state index in [1.165, 1.54) is 19.3 Å². The van der Waals surface area contributed by atoms with Gasteiger partial charge in [0.1, 0.15) is 12.7 Å². The highest BCUT2D eigenvalue weighted by Gasteiger charge is 2.40. The van der Waals surface area contributed by atoms with Gasteiger partial charge in [-0.2, -0.15) is 0 Å². The highest BCUT2D eigenvalue weighted by molar-refractivity contribution is 6.67. The zero-order valence-corrected chi connectivity index (χ0v) is 17.1. The van der Waals surface area contributed by atoms with Crippen LogP contribution in [0.15, 0.2) is 23.6 Å². The number of aliphatic hydroxyl groups excluding tert-OH is 1. The largest absolute Gasteiger partial charge is 0.392 e. The molecule has 0 radical (unpaired) electrons. The summed E-state index contributed by atoms with van der Waals surface area (Å²) in [5.74, 6) is 0. The van der Waals surface area contributed by atoms with Crippen LogP contribution < -0.4 is 5.32 Å². The second-order valence-corrected chi connectivity index (χ2v) is 8.15. The lowest BCUT2D eigenvalue weighted by molar-refractivity contribution is 0.0154. The molecular formula is C19H28Cl2N4O2. The number of piperidine rings is 2. The van der Waals surface area contributed by atoms with E-state index >= 15 is 0 Å². The second-order valence-electron chi connectivity index (χ2n) is 7.38. The number of aromatic nitrogens is 1. The van der Waals surface area contributed by atoms with E-state index in [1.54, 1.807) is 12.4 Å². The van der Waals surface area contributed by atoms with Crippen molar-refractivity contribution in [1.82, 2.24) is 15.2 Å². The first kappa shape index (κ1) is 20.8. The Hall–Kier alpha value is -0.920. The molecule has 1 aromatic rings. The van der Waals surface area contributed by atoms with E-state index in [1.807, 2.05) is 6.07 Å². The molecule has 6 nitrogen and oxygen atoms in total. The summed E-state index contributed by atoms with van der Waals surface area (Å²) < 4.78 is 0. The van der Waals surface area contributed by atoms with E-state index in [0.717, 1.165) is 44.6 Å². The Balaban J connectivity index is 1.63. The number of β-amino-alcohol motifs (C(OH)–C–C–N with tert-alkyl or cyclic N) is 1. The van der Waals surface area contributed by atoms with Gasteiger partial charge in [-0.05, 0) is 63.5 Å². The predicted molar refractivity (Wildman–Crippen MR) is 109 cm³/mol. The Labute approximate surface area is 170 Å². The number of hydrogen-bond donors (Lipinski definition) is 2. The Morgan fingerprint density at radius 1 is 1.33 bits per heavy atom. The molecule has 3 heterocycles. The maximum Gasteiger partial charge on any atom is 0.156 e. The van der Waals surface area contributed by atoms with Crippen LogP contribution in [0.1, 0.15) is 37.7 Å². The fourth-order valence-corrected chi connectivity index (χ4v) is 4.60. The molecule has 2 aliphatic rings. The molecule has 3 rings (SSSR count). The van der Waals surface area contributed by atoms with E-state index in [9.17, 15) is 5.11 Å². The number of pyridine rings is 1. The first-order valence-corrected chi connectivity index (χ1v) is 10.4. The van der Waals surface area contributed by atoms with Crippen LogP contribution in [0.5, 0.6) is 0 Å². The molecule has 2 fully saturated rings. The smallest absolute Gasteiger partial charge is 0.156 e. The lowest BCUT2D eigenvalue weighted by Gasteiger charge is -2.37.